The molecule has 4 heteroatoms. The number of fused-ring (bicyclic) bond motifs is 1. The van der Waals surface area contributed by atoms with Crippen molar-refractivity contribution >= 4 is 20.9 Å². The summed E-state index contributed by atoms with van der Waals surface area (Å²) in [6.45, 7) is 6.33. The first-order chi connectivity index (χ1) is 8.88. The van der Waals surface area contributed by atoms with Gasteiger partial charge in [-0.25, -0.2) is 0 Å². The lowest BCUT2D eigenvalue weighted by Gasteiger charge is -2.01. The average molecular weight is 280 g/mol. The molecule has 0 amide bonds. The smallest absolute Gasteiger partial charge is 0.282 e. The molecular weight excluding hydrogens is 260 g/mol. The lowest BCUT2D eigenvalue weighted by atomic mass is 10.1. The third-order valence-electron chi connectivity index (χ3n) is 2.77. The van der Waals surface area contributed by atoms with Crippen LogP contribution in [0.2, 0.25) is 0 Å². The van der Waals surface area contributed by atoms with Crippen LogP contribution in [-0.2, 0) is 10.1 Å². The molecular formula is C15H20O3S. The predicted octanol–water partition coefficient (Wildman–Crippen LogP) is 4.20. The molecule has 19 heavy (non-hydrogen) atoms. The fourth-order valence-corrected chi connectivity index (χ4v) is 2.02. The Morgan fingerprint density at radius 3 is 2.00 bits per heavy atom. The van der Waals surface area contributed by atoms with Crippen LogP contribution in [0.25, 0.3) is 10.8 Å². The Morgan fingerprint density at radius 1 is 0.947 bits per heavy atom. The van der Waals surface area contributed by atoms with Crippen molar-refractivity contribution in [2.75, 3.05) is 0 Å². The van der Waals surface area contributed by atoms with Crippen LogP contribution < -0.4 is 0 Å². The van der Waals surface area contributed by atoms with Crippen molar-refractivity contribution < 1.29 is 13.0 Å². The van der Waals surface area contributed by atoms with Gasteiger partial charge < -0.3 is 0 Å². The van der Waals surface area contributed by atoms with Gasteiger partial charge in [0.15, 0.2) is 0 Å². The van der Waals surface area contributed by atoms with Crippen LogP contribution in [0.1, 0.15) is 32.3 Å². The zero-order valence-electron chi connectivity index (χ0n) is 11.6. The molecule has 0 heterocycles. The molecule has 0 saturated heterocycles. The number of aryl methyl sites for hydroxylation is 1. The summed E-state index contributed by atoms with van der Waals surface area (Å²) in [6.07, 6.45) is 2.64. The van der Waals surface area contributed by atoms with Crippen molar-refractivity contribution in [3.63, 3.8) is 0 Å². The molecule has 0 spiro atoms. The normalized spacial score (nSPS) is 10.9. The van der Waals surface area contributed by atoms with Gasteiger partial charge in [-0.1, -0.05) is 56.5 Å². The van der Waals surface area contributed by atoms with Crippen molar-refractivity contribution in [2.45, 2.75) is 38.5 Å². The minimum atomic E-state index is -4.10. The highest BCUT2D eigenvalue weighted by Gasteiger charge is 2.09. The molecule has 0 unspecified atom stereocenters. The van der Waals surface area contributed by atoms with Crippen LogP contribution in [-0.4, -0.2) is 13.0 Å². The Balaban J connectivity index is 0.000000399. The number of unbranched alkanes of at least 4 members (excludes halogenated alkanes) is 1. The van der Waals surface area contributed by atoms with E-state index in [4.69, 9.17) is 4.55 Å². The van der Waals surface area contributed by atoms with Crippen molar-refractivity contribution in [3.05, 3.63) is 42.0 Å². The molecule has 0 aliphatic carbocycles. The fraction of sp³-hybridized carbons (Fsp3) is 0.333. The average Bonchev–Trinajstić information content (AvgIpc) is 2.37. The van der Waals surface area contributed by atoms with Crippen molar-refractivity contribution in [3.8, 4) is 0 Å². The largest absolute Gasteiger partial charge is 0.294 e. The van der Waals surface area contributed by atoms with Gasteiger partial charge in [-0.2, -0.15) is 8.42 Å². The molecule has 0 bridgehead atoms. The van der Waals surface area contributed by atoms with E-state index in [-0.39, 0.29) is 4.90 Å². The van der Waals surface area contributed by atoms with E-state index in [1.165, 1.54) is 25.0 Å². The van der Waals surface area contributed by atoms with Crippen LogP contribution in [0.3, 0.4) is 0 Å². The molecule has 0 fully saturated rings. The van der Waals surface area contributed by atoms with Gasteiger partial charge in [0.05, 0.1) is 4.90 Å². The summed E-state index contributed by atoms with van der Waals surface area (Å²) in [4.78, 5) is -0.0705. The Hall–Kier alpha value is -1.39. The van der Waals surface area contributed by atoms with Gasteiger partial charge in [-0.15, -0.1) is 0 Å². The summed E-state index contributed by atoms with van der Waals surface area (Å²) in [5, 5.41) is 1.76. The molecule has 0 saturated carbocycles. The van der Waals surface area contributed by atoms with Crippen molar-refractivity contribution in [2.24, 2.45) is 0 Å². The third kappa shape index (κ3) is 4.65. The number of hydrogen-bond donors (Lipinski definition) is 1. The predicted molar refractivity (Wildman–Crippen MR) is 79.1 cm³/mol. The van der Waals surface area contributed by atoms with E-state index < -0.39 is 10.1 Å². The fourth-order valence-electron chi connectivity index (χ4n) is 1.50. The lowest BCUT2D eigenvalue weighted by molar-refractivity contribution is 0.483. The SMILES string of the molecule is CCCC.Cc1ccc2cc(S(=O)(=O)O)ccc2c1. The number of benzene rings is 2. The van der Waals surface area contributed by atoms with Gasteiger partial charge in [-0.05, 0) is 29.8 Å². The summed E-state index contributed by atoms with van der Waals surface area (Å²) < 4.78 is 30.7. The van der Waals surface area contributed by atoms with Gasteiger partial charge in [0, 0.05) is 0 Å². The maximum atomic E-state index is 10.9. The zero-order valence-corrected chi connectivity index (χ0v) is 12.4. The van der Waals surface area contributed by atoms with E-state index in [0.29, 0.717) is 0 Å². The second-order valence-electron chi connectivity index (χ2n) is 4.49. The lowest BCUT2D eigenvalue weighted by Crippen LogP contribution is -1.97. The second kappa shape index (κ2) is 6.68. The molecule has 0 aliphatic heterocycles. The summed E-state index contributed by atoms with van der Waals surface area (Å²) in [6, 6.07) is 10.2. The Bertz CT molecular complexity index is 643. The maximum absolute atomic E-state index is 10.9. The molecule has 0 atom stereocenters. The molecule has 3 nitrogen and oxygen atoms in total. The minimum absolute atomic E-state index is 0.0705. The highest BCUT2D eigenvalue weighted by atomic mass is 32.2. The zero-order chi connectivity index (χ0) is 14.5. The van der Waals surface area contributed by atoms with E-state index in [2.05, 4.69) is 13.8 Å². The van der Waals surface area contributed by atoms with Gasteiger partial charge >= 0.3 is 0 Å². The molecule has 0 aliphatic rings. The Kier molecular flexibility index (Phi) is 5.51. The van der Waals surface area contributed by atoms with Crippen LogP contribution in [0.15, 0.2) is 41.3 Å². The van der Waals surface area contributed by atoms with E-state index in [1.807, 2.05) is 25.1 Å². The first-order valence-electron chi connectivity index (χ1n) is 6.36. The van der Waals surface area contributed by atoms with Gasteiger partial charge in [0.25, 0.3) is 10.1 Å². The molecule has 2 aromatic carbocycles. The Morgan fingerprint density at radius 2 is 1.47 bits per heavy atom. The second-order valence-corrected chi connectivity index (χ2v) is 5.91. The van der Waals surface area contributed by atoms with E-state index in [0.717, 1.165) is 16.3 Å². The van der Waals surface area contributed by atoms with Crippen LogP contribution in [0.4, 0.5) is 0 Å². The summed E-state index contributed by atoms with van der Waals surface area (Å²) in [5.74, 6) is 0. The van der Waals surface area contributed by atoms with Gasteiger partial charge in [0.2, 0.25) is 0 Å². The van der Waals surface area contributed by atoms with Crippen molar-refractivity contribution in [1.29, 1.82) is 0 Å². The topological polar surface area (TPSA) is 54.4 Å². The number of rotatable bonds is 2. The molecule has 104 valence electrons. The first-order valence-corrected chi connectivity index (χ1v) is 7.80. The summed E-state index contributed by atoms with van der Waals surface area (Å²) in [7, 11) is -4.10. The first kappa shape index (κ1) is 15.7. The molecule has 0 radical (unpaired) electrons. The van der Waals surface area contributed by atoms with Crippen LogP contribution >= 0.6 is 0 Å². The standard InChI is InChI=1S/C11H10O3S.C4H10/c1-8-2-3-10-7-11(15(12,13)14)5-4-9(10)6-8;1-3-4-2/h2-7H,1H3,(H,12,13,14);3-4H2,1-2H3. The van der Waals surface area contributed by atoms with Gasteiger partial charge in [-0.3, -0.25) is 4.55 Å². The minimum Gasteiger partial charge on any atom is -0.282 e. The highest BCUT2D eigenvalue weighted by molar-refractivity contribution is 7.85. The monoisotopic (exact) mass is 280 g/mol. The molecule has 2 aromatic rings. The van der Waals surface area contributed by atoms with E-state index >= 15 is 0 Å². The molecule has 0 aromatic heterocycles. The third-order valence-corrected chi connectivity index (χ3v) is 3.61. The van der Waals surface area contributed by atoms with Crippen LogP contribution in [0.5, 0.6) is 0 Å². The Labute approximate surface area is 115 Å². The maximum Gasteiger partial charge on any atom is 0.294 e. The quantitative estimate of drug-likeness (QED) is 0.839. The summed E-state index contributed by atoms with van der Waals surface area (Å²) in [5.41, 5.74) is 1.11. The molecule has 1 N–H and O–H groups in total. The van der Waals surface area contributed by atoms with E-state index in [1.54, 1.807) is 6.07 Å². The van der Waals surface area contributed by atoms with E-state index in [9.17, 15) is 8.42 Å². The van der Waals surface area contributed by atoms with Gasteiger partial charge in [0.1, 0.15) is 0 Å². The molecule has 2 rings (SSSR count). The van der Waals surface area contributed by atoms with Crippen LogP contribution in [0, 0.1) is 6.92 Å². The highest BCUT2D eigenvalue weighted by Crippen LogP contribution is 2.20. The van der Waals surface area contributed by atoms with Crippen molar-refractivity contribution in [1.82, 2.24) is 0 Å². The summed E-state index contributed by atoms with van der Waals surface area (Å²) >= 11 is 0. The number of hydrogen-bond acceptors (Lipinski definition) is 2.